The number of halogens is 3. The minimum atomic E-state index is -4.10. The van der Waals surface area contributed by atoms with E-state index in [2.05, 4.69) is 18.7 Å². The van der Waals surface area contributed by atoms with Crippen molar-refractivity contribution in [3.63, 3.8) is 0 Å². The molecule has 6 heteroatoms. The lowest BCUT2D eigenvalue weighted by atomic mass is 9.73. The molecule has 0 bridgehead atoms. The van der Waals surface area contributed by atoms with Crippen LogP contribution in [0.25, 0.3) is 0 Å². The summed E-state index contributed by atoms with van der Waals surface area (Å²) in [5, 5.41) is 0. The second kappa shape index (κ2) is 5.46. The minimum absolute atomic E-state index is 0.0304. The molecule has 1 unspecified atom stereocenters. The summed E-state index contributed by atoms with van der Waals surface area (Å²) in [5.74, 6) is 0. The van der Waals surface area contributed by atoms with Crippen LogP contribution in [0.15, 0.2) is 0 Å². The Morgan fingerprint density at radius 3 is 2.05 bits per heavy atom. The van der Waals surface area contributed by atoms with Gasteiger partial charge in [-0.2, -0.15) is 13.2 Å². The lowest BCUT2D eigenvalue weighted by Gasteiger charge is -2.52. The molecule has 0 radical (unpaired) electrons. The molecule has 0 aromatic heterocycles. The number of rotatable bonds is 3. The second-order valence-electron chi connectivity index (χ2n) is 6.85. The number of piperazine rings is 1. The largest absolute Gasteiger partial charge is 0.401 e. The van der Waals surface area contributed by atoms with E-state index in [0.29, 0.717) is 32.7 Å². The molecule has 1 atom stereocenters. The first kappa shape index (κ1) is 16.0. The van der Waals surface area contributed by atoms with Crippen molar-refractivity contribution in [2.75, 3.05) is 39.3 Å². The SMILES string of the molecule is CC1(C)CCCC1(CN)N1CCN(CC(F)(F)F)CC1. The molecule has 1 aliphatic carbocycles. The van der Waals surface area contributed by atoms with Crippen LogP contribution in [0.1, 0.15) is 33.1 Å². The zero-order valence-electron chi connectivity index (χ0n) is 12.5. The summed E-state index contributed by atoms with van der Waals surface area (Å²) in [4.78, 5) is 3.86. The molecular weight excluding hydrogens is 267 g/mol. The van der Waals surface area contributed by atoms with Gasteiger partial charge in [-0.05, 0) is 18.3 Å². The van der Waals surface area contributed by atoms with Crippen molar-refractivity contribution < 1.29 is 13.2 Å². The van der Waals surface area contributed by atoms with Crippen molar-refractivity contribution in [2.45, 2.75) is 44.8 Å². The molecule has 1 saturated carbocycles. The van der Waals surface area contributed by atoms with Crippen molar-refractivity contribution in [3.8, 4) is 0 Å². The molecule has 0 aromatic carbocycles. The predicted molar refractivity (Wildman–Crippen MR) is 73.5 cm³/mol. The Kier molecular flexibility index (Phi) is 4.38. The van der Waals surface area contributed by atoms with E-state index >= 15 is 0 Å². The first-order valence-corrected chi connectivity index (χ1v) is 7.44. The third-order valence-electron chi connectivity index (χ3n) is 5.37. The average Bonchev–Trinajstić information content (AvgIpc) is 2.64. The topological polar surface area (TPSA) is 32.5 Å². The maximum Gasteiger partial charge on any atom is 0.401 e. The summed E-state index contributed by atoms with van der Waals surface area (Å²) in [5.41, 5.74) is 6.19. The summed E-state index contributed by atoms with van der Waals surface area (Å²) in [6, 6.07) is 0. The normalized spacial score (nSPS) is 32.7. The molecule has 20 heavy (non-hydrogen) atoms. The van der Waals surface area contributed by atoms with E-state index in [0.717, 1.165) is 19.3 Å². The summed E-state index contributed by atoms with van der Waals surface area (Å²) in [6.07, 6.45) is -0.726. The molecule has 0 amide bonds. The standard InChI is InChI=1S/C14H26F3N3/c1-12(2)4-3-5-13(12,10-18)20-8-6-19(7-9-20)11-14(15,16)17/h3-11,18H2,1-2H3. The highest BCUT2D eigenvalue weighted by Crippen LogP contribution is 2.49. The zero-order chi connectivity index (χ0) is 15.0. The Bertz CT molecular complexity index is 335. The third-order valence-corrected chi connectivity index (χ3v) is 5.37. The number of nitrogens with two attached hydrogens (primary N) is 1. The Hall–Kier alpha value is -0.330. The van der Waals surface area contributed by atoms with Gasteiger partial charge in [0.1, 0.15) is 0 Å². The highest BCUT2D eigenvalue weighted by molar-refractivity contribution is 5.07. The van der Waals surface area contributed by atoms with Gasteiger partial charge in [-0.15, -0.1) is 0 Å². The van der Waals surface area contributed by atoms with E-state index in [1.54, 1.807) is 0 Å². The van der Waals surface area contributed by atoms with Gasteiger partial charge in [0.15, 0.2) is 0 Å². The van der Waals surface area contributed by atoms with E-state index in [4.69, 9.17) is 5.73 Å². The highest BCUT2D eigenvalue weighted by Gasteiger charge is 2.52. The van der Waals surface area contributed by atoms with Gasteiger partial charge < -0.3 is 5.73 Å². The van der Waals surface area contributed by atoms with Crippen molar-refractivity contribution in [3.05, 3.63) is 0 Å². The smallest absolute Gasteiger partial charge is 0.329 e. The molecule has 1 aliphatic heterocycles. The molecule has 3 nitrogen and oxygen atoms in total. The minimum Gasteiger partial charge on any atom is -0.329 e. The summed E-state index contributed by atoms with van der Waals surface area (Å²) < 4.78 is 37.3. The van der Waals surface area contributed by atoms with Gasteiger partial charge in [0.25, 0.3) is 0 Å². The van der Waals surface area contributed by atoms with Gasteiger partial charge >= 0.3 is 6.18 Å². The zero-order valence-corrected chi connectivity index (χ0v) is 12.5. The number of alkyl halides is 3. The maximum absolute atomic E-state index is 12.4. The first-order chi connectivity index (χ1) is 9.20. The van der Waals surface area contributed by atoms with Crippen LogP contribution in [0, 0.1) is 5.41 Å². The van der Waals surface area contributed by atoms with Gasteiger partial charge in [-0.3, -0.25) is 9.80 Å². The van der Waals surface area contributed by atoms with Crippen molar-refractivity contribution in [1.29, 1.82) is 0 Å². The van der Waals surface area contributed by atoms with Crippen LogP contribution >= 0.6 is 0 Å². The lowest BCUT2D eigenvalue weighted by Crippen LogP contribution is -2.64. The molecule has 2 N–H and O–H groups in total. The predicted octanol–water partition coefficient (Wildman–Crippen LogP) is 2.07. The molecule has 2 fully saturated rings. The van der Waals surface area contributed by atoms with Crippen LogP contribution < -0.4 is 5.73 Å². The van der Waals surface area contributed by atoms with Crippen LogP contribution in [0.2, 0.25) is 0 Å². The van der Waals surface area contributed by atoms with E-state index in [1.807, 2.05) is 0 Å². The number of hydrogen-bond donors (Lipinski definition) is 1. The Morgan fingerprint density at radius 2 is 1.65 bits per heavy atom. The van der Waals surface area contributed by atoms with Gasteiger partial charge in [0.2, 0.25) is 0 Å². The Morgan fingerprint density at radius 1 is 1.05 bits per heavy atom. The third kappa shape index (κ3) is 2.97. The van der Waals surface area contributed by atoms with Crippen molar-refractivity contribution >= 4 is 0 Å². The molecular formula is C14H26F3N3. The fourth-order valence-corrected chi connectivity index (χ4v) is 4.08. The number of nitrogens with zero attached hydrogens (tertiary/aromatic N) is 2. The maximum atomic E-state index is 12.4. The van der Waals surface area contributed by atoms with E-state index in [1.165, 1.54) is 4.90 Å². The first-order valence-electron chi connectivity index (χ1n) is 7.44. The molecule has 1 saturated heterocycles. The summed E-state index contributed by atoms with van der Waals surface area (Å²) in [7, 11) is 0. The quantitative estimate of drug-likeness (QED) is 0.864. The van der Waals surface area contributed by atoms with E-state index in [-0.39, 0.29) is 11.0 Å². The molecule has 0 aromatic rings. The molecule has 0 spiro atoms. The molecule has 2 rings (SSSR count). The second-order valence-corrected chi connectivity index (χ2v) is 6.85. The van der Waals surface area contributed by atoms with Crippen molar-refractivity contribution in [1.82, 2.24) is 9.80 Å². The fourth-order valence-electron chi connectivity index (χ4n) is 4.08. The molecule has 1 heterocycles. The van der Waals surface area contributed by atoms with E-state index < -0.39 is 12.7 Å². The van der Waals surface area contributed by atoms with Crippen LogP contribution in [0.4, 0.5) is 13.2 Å². The van der Waals surface area contributed by atoms with Crippen molar-refractivity contribution in [2.24, 2.45) is 11.1 Å². The summed E-state index contributed by atoms with van der Waals surface area (Å²) in [6.45, 7) is 6.64. The fraction of sp³-hybridized carbons (Fsp3) is 1.00. The lowest BCUT2D eigenvalue weighted by molar-refractivity contribution is -0.152. The Balaban J connectivity index is 1.99. The Labute approximate surface area is 119 Å². The average molecular weight is 293 g/mol. The van der Waals surface area contributed by atoms with Gasteiger partial charge in [0, 0.05) is 38.3 Å². The number of hydrogen-bond acceptors (Lipinski definition) is 3. The summed E-state index contributed by atoms with van der Waals surface area (Å²) >= 11 is 0. The van der Waals surface area contributed by atoms with Gasteiger partial charge in [-0.25, -0.2) is 0 Å². The van der Waals surface area contributed by atoms with Crippen LogP contribution in [-0.4, -0.2) is 60.8 Å². The van der Waals surface area contributed by atoms with Gasteiger partial charge in [-0.1, -0.05) is 20.3 Å². The monoisotopic (exact) mass is 293 g/mol. The van der Waals surface area contributed by atoms with E-state index in [9.17, 15) is 13.2 Å². The van der Waals surface area contributed by atoms with Gasteiger partial charge in [0.05, 0.1) is 6.54 Å². The molecule has 2 aliphatic rings. The highest BCUT2D eigenvalue weighted by atomic mass is 19.4. The molecule has 118 valence electrons. The van der Waals surface area contributed by atoms with Crippen LogP contribution in [0.5, 0.6) is 0 Å². The van der Waals surface area contributed by atoms with Crippen LogP contribution in [0.3, 0.4) is 0 Å². The van der Waals surface area contributed by atoms with Crippen LogP contribution in [-0.2, 0) is 0 Å².